The van der Waals surface area contributed by atoms with E-state index in [-0.39, 0.29) is 5.82 Å². The Morgan fingerprint density at radius 1 is 1.33 bits per heavy atom. The van der Waals surface area contributed by atoms with Crippen LogP contribution >= 0.6 is 0 Å². The molecular formula is C15H19FN2O3. The van der Waals surface area contributed by atoms with Gasteiger partial charge in [-0.3, -0.25) is 0 Å². The molecule has 2 amide bonds. The van der Waals surface area contributed by atoms with E-state index in [4.69, 9.17) is 0 Å². The Labute approximate surface area is 122 Å². The number of carboxylic acid groups (broad SMARTS) is 1. The molecular weight excluding hydrogens is 275 g/mol. The minimum Gasteiger partial charge on any atom is -0.480 e. The quantitative estimate of drug-likeness (QED) is 0.881. The summed E-state index contributed by atoms with van der Waals surface area (Å²) >= 11 is 0. The number of aryl methyl sites for hydroxylation is 1. The van der Waals surface area contributed by atoms with E-state index in [0.29, 0.717) is 24.2 Å². The highest BCUT2D eigenvalue weighted by molar-refractivity contribution is 5.92. The van der Waals surface area contributed by atoms with Crippen molar-refractivity contribution >= 4 is 17.7 Å². The predicted molar refractivity (Wildman–Crippen MR) is 76.8 cm³/mol. The molecule has 6 heteroatoms. The van der Waals surface area contributed by atoms with Crippen LogP contribution in [0, 0.1) is 12.7 Å². The first kappa shape index (κ1) is 15.3. The molecule has 0 aliphatic carbocycles. The molecule has 2 rings (SSSR count). The number of halogens is 1. The molecule has 1 fully saturated rings. The van der Waals surface area contributed by atoms with Gasteiger partial charge in [-0.2, -0.15) is 0 Å². The molecule has 5 nitrogen and oxygen atoms in total. The van der Waals surface area contributed by atoms with Crippen LogP contribution in [0.25, 0.3) is 0 Å². The summed E-state index contributed by atoms with van der Waals surface area (Å²) < 4.78 is 13.2. The second-order valence-electron chi connectivity index (χ2n) is 5.29. The molecule has 1 atom stereocenters. The molecule has 0 aromatic heterocycles. The van der Waals surface area contributed by atoms with Gasteiger partial charge in [-0.1, -0.05) is 12.8 Å². The van der Waals surface area contributed by atoms with Crippen molar-refractivity contribution in [3.8, 4) is 0 Å². The first-order valence-corrected chi connectivity index (χ1v) is 7.05. The zero-order valence-corrected chi connectivity index (χ0v) is 11.9. The van der Waals surface area contributed by atoms with Crippen molar-refractivity contribution in [2.24, 2.45) is 0 Å². The molecule has 1 saturated heterocycles. The monoisotopic (exact) mass is 294 g/mol. The Morgan fingerprint density at radius 3 is 2.76 bits per heavy atom. The summed E-state index contributed by atoms with van der Waals surface area (Å²) in [6.45, 7) is 2.03. The number of rotatable bonds is 2. The van der Waals surface area contributed by atoms with Crippen LogP contribution in [-0.2, 0) is 4.79 Å². The zero-order chi connectivity index (χ0) is 15.4. The maximum Gasteiger partial charge on any atom is 0.326 e. The van der Waals surface area contributed by atoms with Crippen LogP contribution < -0.4 is 5.32 Å². The number of benzene rings is 1. The summed E-state index contributed by atoms with van der Waals surface area (Å²) in [7, 11) is 0. The van der Waals surface area contributed by atoms with Gasteiger partial charge in [-0.15, -0.1) is 0 Å². The van der Waals surface area contributed by atoms with Crippen molar-refractivity contribution in [3.63, 3.8) is 0 Å². The third-order valence-electron chi connectivity index (χ3n) is 3.71. The lowest BCUT2D eigenvalue weighted by atomic mass is 10.1. The van der Waals surface area contributed by atoms with Gasteiger partial charge in [0.05, 0.1) is 0 Å². The molecule has 21 heavy (non-hydrogen) atoms. The first-order chi connectivity index (χ1) is 9.99. The number of carboxylic acids is 1. The summed E-state index contributed by atoms with van der Waals surface area (Å²) in [5.41, 5.74) is 0.894. The lowest BCUT2D eigenvalue weighted by Crippen LogP contribution is -2.46. The maximum atomic E-state index is 13.2. The minimum absolute atomic E-state index is 0.341. The SMILES string of the molecule is Cc1cc(NC(=O)N2CCCCCC2C(=O)O)ccc1F. The van der Waals surface area contributed by atoms with Crippen LogP contribution in [0.15, 0.2) is 18.2 Å². The number of carbonyl (C=O) groups excluding carboxylic acids is 1. The van der Waals surface area contributed by atoms with E-state index in [0.717, 1.165) is 19.3 Å². The van der Waals surface area contributed by atoms with Gasteiger partial charge < -0.3 is 15.3 Å². The highest BCUT2D eigenvalue weighted by atomic mass is 19.1. The van der Waals surface area contributed by atoms with Gasteiger partial charge in [0, 0.05) is 12.2 Å². The second kappa shape index (κ2) is 6.56. The molecule has 0 saturated carbocycles. The predicted octanol–water partition coefficient (Wildman–Crippen LogP) is 3.00. The number of aliphatic carboxylic acids is 1. The molecule has 0 spiro atoms. The van der Waals surface area contributed by atoms with E-state index in [1.807, 2.05) is 0 Å². The van der Waals surface area contributed by atoms with Crippen LogP contribution in [0.5, 0.6) is 0 Å². The fourth-order valence-corrected chi connectivity index (χ4v) is 2.53. The summed E-state index contributed by atoms with van der Waals surface area (Å²) in [4.78, 5) is 24.9. The standard InChI is InChI=1S/C15H19FN2O3/c1-10-9-11(6-7-12(10)16)17-15(21)18-8-4-2-3-5-13(18)14(19)20/h6-7,9,13H,2-5,8H2,1H3,(H,17,21)(H,19,20). The van der Waals surface area contributed by atoms with Crippen LogP contribution in [-0.4, -0.2) is 34.6 Å². The molecule has 0 bridgehead atoms. The second-order valence-corrected chi connectivity index (χ2v) is 5.29. The number of nitrogens with zero attached hydrogens (tertiary/aromatic N) is 1. The average Bonchev–Trinajstić information content (AvgIpc) is 2.68. The molecule has 1 aliphatic heterocycles. The molecule has 2 N–H and O–H groups in total. The molecule has 0 radical (unpaired) electrons. The van der Waals surface area contributed by atoms with Crippen molar-refractivity contribution in [1.82, 2.24) is 4.90 Å². The molecule has 1 unspecified atom stereocenters. The Bertz CT molecular complexity index is 548. The molecule has 1 aliphatic rings. The summed E-state index contributed by atoms with van der Waals surface area (Å²) in [5, 5.41) is 11.9. The molecule has 1 aromatic rings. The van der Waals surface area contributed by atoms with E-state index >= 15 is 0 Å². The normalized spacial score (nSPS) is 19.0. The number of carbonyl (C=O) groups is 2. The van der Waals surface area contributed by atoms with Crippen molar-refractivity contribution < 1.29 is 19.1 Å². The number of nitrogens with one attached hydrogen (secondary N) is 1. The van der Waals surface area contributed by atoms with Gasteiger partial charge in [0.15, 0.2) is 0 Å². The minimum atomic E-state index is -0.984. The first-order valence-electron chi connectivity index (χ1n) is 7.05. The van der Waals surface area contributed by atoms with E-state index < -0.39 is 18.0 Å². The number of hydrogen-bond acceptors (Lipinski definition) is 2. The van der Waals surface area contributed by atoms with Crippen LogP contribution in [0.1, 0.15) is 31.2 Å². The molecule has 1 heterocycles. The topological polar surface area (TPSA) is 69.6 Å². The van der Waals surface area contributed by atoms with Crippen molar-refractivity contribution in [3.05, 3.63) is 29.6 Å². The highest BCUT2D eigenvalue weighted by Gasteiger charge is 2.30. The third-order valence-corrected chi connectivity index (χ3v) is 3.71. The Hall–Kier alpha value is -2.11. The summed E-state index contributed by atoms with van der Waals surface area (Å²) in [6.07, 6.45) is 2.98. The fourth-order valence-electron chi connectivity index (χ4n) is 2.53. The van der Waals surface area contributed by atoms with Crippen molar-refractivity contribution in [2.45, 2.75) is 38.6 Å². The van der Waals surface area contributed by atoms with Crippen molar-refractivity contribution in [1.29, 1.82) is 0 Å². The van der Waals surface area contributed by atoms with Gasteiger partial charge >= 0.3 is 12.0 Å². The fraction of sp³-hybridized carbons (Fsp3) is 0.467. The maximum absolute atomic E-state index is 13.2. The van der Waals surface area contributed by atoms with E-state index in [2.05, 4.69) is 5.32 Å². The number of hydrogen-bond donors (Lipinski definition) is 2. The van der Waals surface area contributed by atoms with Gasteiger partial charge in [0.25, 0.3) is 0 Å². The van der Waals surface area contributed by atoms with Gasteiger partial charge in [-0.25, -0.2) is 14.0 Å². The number of amides is 2. The number of urea groups is 1. The van der Waals surface area contributed by atoms with Gasteiger partial charge in [0.2, 0.25) is 0 Å². The lowest BCUT2D eigenvalue weighted by molar-refractivity contribution is -0.142. The smallest absolute Gasteiger partial charge is 0.326 e. The average molecular weight is 294 g/mol. The van der Waals surface area contributed by atoms with E-state index in [1.165, 1.54) is 23.1 Å². The highest BCUT2D eigenvalue weighted by Crippen LogP contribution is 2.19. The van der Waals surface area contributed by atoms with Crippen LogP contribution in [0.4, 0.5) is 14.9 Å². The zero-order valence-electron chi connectivity index (χ0n) is 11.9. The summed E-state index contributed by atoms with van der Waals surface area (Å²) in [5.74, 6) is -1.33. The molecule has 1 aromatic carbocycles. The Kier molecular flexibility index (Phi) is 4.77. The van der Waals surface area contributed by atoms with Gasteiger partial charge in [-0.05, 0) is 43.5 Å². The number of anilines is 1. The number of likely N-dealkylation sites (tertiary alicyclic amines) is 1. The van der Waals surface area contributed by atoms with E-state index in [1.54, 1.807) is 6.92 Å². The lowest BCUT2D eigenvalue weighted by Gasteiger charge is -2.27. The largest absolute Gasteiger partial charge is 0.480 e. The molecule has 114 valence electrons. The van der Waals surface area contributed by atoms with Crippen LogP contribution in [0.2, 0.25) is 0 Å². The summed E-state index contributed by atoms with van der Waals surface area (Å²) in [6, 6.07) is 3.03. The van der Waals surface area contributed by atoms with Crippen LogP contribution in [0.3, 0.4) is 0 Å². The van der Waals surface area contributed by atoms with E-state index in [9.17, 15) is 19.1 Å². The Morgan fingerprint density at radius 2 is 2.10 bits per heavy atom. The third kappa shape index (κ3) is 3.71. The Balaban J connectivity index is 2.12. The van der Waals surface area contributed by atoms with Crippen molar-refractivity contribution in [2.75, 3.05) is 11.9 Å². The van der Waals surface area contributed by atoms with Gasteiger partial charge in [0.1, 0.15) is 11.9 Å².